The van der Waals surface area contributed by atoms with Gasteiger partial charge in [-0.15, -0.1) is 0 Å². The van der Waals surface area contributed by atoms with Crippen molar-refractivity contribution >= 4 is 47.1 Å². The molecule has 1 aromatic heterocycles. The fourth-order valence-electron chi connectivity index (χ4n) is 8.86. The van der Waals surface area contributed by atoms with E-state index in [1.165, 1.54) is 6.20 Å². The predicted molar refractivity (Wildman–Crippen MR) is 266 cm³/mol. The molecule has 4 aliphatic heterocycles. The van der Waals surface area contributed by atoms with Crippen LogP contribution in [0.1, 0.15) is 83.3 Å². The first-order chi connectivity index (χ1) is 34.7. The molecule has 4 fully saturated rings. The minimum atomic E-state index is -0.198. The third-order valence-electron chi connectivity index (χ3n) is 12.8. The summed E-state index contributed by atoms with van der Waals surface area (Å²) in [5.74, 6) is 1.05. The maximum atomic E-state index is 13.3. The van der Waals surface area contributed by atoms with Gasteiger partial charge < -0.3 is 55.2 Å². The second-order valence-electron chi connectivity index (χ2n) is 18.0. The molecule has 0 radical (unpaired) electrons. The van der Waals surface area contributed by atoms with Crippen LogP contribution in [0.2, 0.25) is 0 Å². The predicted octanol–water partition coefficient (Wildman–Crippen LogP) is 3.88. The quantitative estimate of drug-likeness (QED) is 0.0539. The zero-order valence-corrected chi connectivity index (χ0v) is 41.1. The molecule has 71 heavy (non-hydrogen) atoms. The number of hydrogen-bond acceptors (Lipinski definition) is 14. The summed E-state index contributed by atoms with van der Waals surface area (Å²) in [5, 5.41) is 24.2. The van der Waals surface area contributed by atoms with Gasteiger partial charge in [-0.3, -0.25) is 29.1 Å². The van der Waals surface area contributed by atoms with Crippen molar-refractivity contribution < 1.29 is 47.7 Å². The van der Waals surface area contributed by atoms with Gasteiger partial charge in [-0.1, -0.05) is 12.1 Å². The number of fused-ring (bicyclic) bond motifs is 1. The second-order valence-corrected chi connectivity index (χ2v) is 19.3. The molecule has 20 heteroatoms. The number of thioether (sulfide) groups is 1. The van der Waals surface area contributed by atoms with E-state index in [9.17, 15) is 24.0 Å². The van der Waals surface area contributed by atoms with E-state index in [1.54, 1.807) is 29.2 Å². The van der Waals surface area contributed by atoms with Crippen LogP contribution in [-0.2, 0) is 35.1 Å². The van der Waals surface area contributed by atoms with E-state index in [4.69, 9.17) is 28.9 Å². The molecular weight excluding hydrogens is 931 g/mol. The van der Waals surface area contributed by atoms with Crippen molar-refractivity contribution in [1.29, 1.82) is 5.26 Å². The summed E-state index contributed by atoms with van der Waals surface area (Å²) in [4.78, 5) is 70.9. The summed E-state index contributed by atoms with van der Waals surface area (Å²) in [5.41, 5.74) is 3.18. The number of hydrogen-bond donors (Lipinski definition) is 5. The van der Waals surface area contributed by atoms with Crippen LogP contribution in [0, 0.1) is 11.3 Å². The van der Waals surface area contributed by atoms with E-state index in [1.807, 2.05) is 48.2 Å². The van der Waals surface area contributed by atoms with Crippen LogP contribution >= 0.6 is 11.8 Å². The average molecular weight is 998 g/mol. The van der Waals surface area contributed by atoms with Gasteiger partial charge >= 0.3 is 6.03 Å². The number of nitrogens with one attached hydrogen (secondary N) is 5. The molecule has 5 N–H and O–H groups in total. The number of nitriles is 1. The molecular formula is C51H67N9O10S. The van der Waals surface area contributed by atoms with Crippen molar-refractivity contribution in [2.24, 2.45) is 0 Å². The van der Waals surface area contributed by atoms with Crippen molar-refractivity contribution in [3.8, 4) is 11.8 Å². The largest absolute Gasteiger partial charge is 0.490 e. The zero-order chi connectivity index (χ0) is 49.6. The van der Waals surface area contributed by atoms with Crippen molar-refractivity contribution in [3.05, 3.63) is 89.2 Å². The molecule has 4 saturated heterocycles. The van der Waals surface area contributed by atoms with Crippen LogP contribution in [0.4, 0.5) is 10.5 Å². The smallest absolute Gasteiger partial charge is 0.315 e. The highest BCUT2D eigenvalue weighted by molar-refractivity contribution is 8.00. The first-order valence-corrected chi connectivity index (χ1v) is 25.8. The molecule has 3 atom stereocenters. The van der Waals surface area contributed by atoms with Gasteiger partial charge in [0, 0.05) is 87.5 Å². The molecule has 0 spiro atoms. The minimum Gasteiger partial charge on any atom is -0.490 e. The SMILES string of the molecule is N#Cc1ccc(CN2CCC(NC(=O)c3ccc(C(=O)N4CCC(Oc5ccc(NC(=O)CCOCCOCCOCCOCCNC(=O)CCC[C@@H]6SCC7NC(=O)N[C@@H]76)cc5)CC4)nc3)CC2)cc1. The zero-order valence-electron chi connectivity index (χ0n) is 40.3. The molecule has 5 heterocycles. The number of urea groups is 1. The lowest BCUT2D eigenvalue weighted by molar-refractivity contribution is -0.121. The average Bonchev–Trinajstić information content (AvgIpc) is 3.95. The summed E-state index contributed by atoms with van der Waals surface area (Å²) < 4.78 is 28.3. The van der Waals surface area contributed by atoms with Gasteiger partial charge in [-0.2, -0.15) is 17.0 Å². The highest BCUT2D eigenvalue weighted by Gasteiger charge is 2.42. The molecule has 3 aromatic rings. The van der Waals surface area contributed by atoms with E-state index < -0.39 is 0 Å². The molecule has 19 nitrogen and oxygen atoms in total. The Morgan fingerprint density at radius 3 is 2.14 bits per heavy atom. The maximum absolute atomic E-state index is 13.3. The molecule has 2 aromatic carbocycles. The molecule has 382 valence electrons. The fraction of sp³-hybridized carbons (Fsp3) is 0.549. The number of rotatable bonds is 27. The number of nitrogens with zero attached hydrogens (tertiary/aromatic N) is 4. The number of ether oxygens (including phenoxy) is 5. The van der Waals surface area contributed by atoms with E-state index in [2.05, 4.69) is 42.5 Å². The molecule has 1 unspecified atom stereocenters. The van der Waals surface area contributed by atoms with Gasteiger partial charge in [-0.05, 0) is 79.8 Å². The van der Waals surface area contributed by atoms with Gasteiger partial charge in [0.15, 0.2) is 0 Å². The maximum Gasteiger partial charge on any atom is 0.315 e. The van der Waals surface area contributed by atoms with Crippen LogP contribution in [0.15, 0.2) is 66.9 Å². The summed E-state index contributed by atoms with van der Waals surface area (Å²) in [6.07, 6.45) is 6.72. The third kappa shape index (κ3) is 17.5. The number of carbonyl (C=O) groups is 5. The highest BCUT2D eigenvalue weighted by Crippen LogP contribution is 2.33. The minimum absolute atomic E-state index is 0.00419. The van der Waals surface area contributed by atoms with Gasteiger partial charge in [0.2, 0.25) is 11.8 Å². The highest BCUT2D eigenvalue weighted by atomic mass is 32.2. The standard InChI is InChI=1S/C51H67N9O10S/c52-32-36-4-6-37(7-5-36)34-59-20-14-40(15-21-59)56-49(63)38-8-13-43(54-33-38)50(64)60-22-16-42(17-23-60)70-41-11-9-39(10-12-41)55-47(62)18-24-66-26-28-68-30-31-69-29-27-67-25-19-53-46(61)3-1-2-45-48-44(35-71-45)57-51(65)58-48/h4-13,33,40,42,44-45,48H,1-3,14-31,34-35H2,(H,53,61)(H,55,62)(H,56,63)(H2,57,58,65)/t44?,45-,48-/m0/s1. The molecule has 0 saturated carbocycles. The number of benzene rings is 2. The second kappa shape index (κ2) is 28.3. The van der Waals surface area contributed by atoms with Crippen molar-refractivity contribution in [2.75, 3.05) is 96.6 Å². The number of aromatic nitrogens is 1. The van der Waals surface area contributed by atoms with Gasteiger partial charge in [-0.25, -0.2) is 4.79 Å². The lowest BCUT2D eigenvalue weighted by Gasteiger charge is -2.32. The molecule has 4 aliphatic rings. The van der Waals surface area contributed by atoms with Gasteiger partial charge in [0.1, 0.15) is 17.5 Å². The van der Waals surface area contributed by atoms with Gasteiger partial charge in [0.05, 0.1) is 88.6 Å². The van der Waals surface area contributed by atoms with Crippen LogP contribution in [-0.4, -0.2) is 165 Å². The number of piperidine rings is 2. The van der Waals surface area contributed by atoms with Crippen LogP contribution in [0.3, 0.4) is 0 Å². The third-order valence-corrected chi connectivity index (χ3v) is 14.3. The Balaban J connectivity index is 0.646. The Kier molecular flexibility index (Phi) is 21.1. The number of amides is 6. The first-order valence-electron chi connectivity index (χ1n) is 24.8. The van der Waals surface area contributed by atoms with Crippen molar-refractivity contribution in [1.82, 2.24) is 36.1 Å². The van der Waals surface area contributed by atoms with Crippen LogP contribution in [0.25, 0.3) is 0 Å². The van der Waals surface area contributed by atoms with E-state index in [0.29, 0.717) is 119 Å². The summed E-state index contributed by atoms with van der Waals surface area (Å²) in [6.45, 7) is 7.06. The lowest BCUT2D eigenvalue weighted by Crippen LogP contribution is -2.44. The Hall–Kier alpha value is -5.82. The molecule has 0 aliphatic carbocycles. The summed E-state index contributed by atoms with van der Waals surface area (Å²) in [6, 6.07) is 20.6. The van der Waals surface area contributed by atoms with Crippen molar-refractivity contribution in [3.63, 3.8) is 0 Å². The van der Waals surface area contributed by atoms with E-state index >= 15 is 0 Å². The van der Waals surface area contributed by atoms with Crippen molar-refractivity contribution in [2.45, 2.75) is 87.4 Å². The van der Waals surface area contributed by atoms with Crippen LogP contribution < -0.4 is 31.3 Å². The lowest BCUT2D eigenvalue weighted by atomic mass is 10.0. The van der Waals surface area contributed by atoms with Crippen LogP contribution in [0.5, 0.6) is 5.75 Å². The Bertz CT molecular complexity index is 2220. The normalized spacial score (nSPS) is 19.3. The number of carbonyl (C=O) groups excluding carboxylic acids is 5. The Labute approximate surface area is 419 Å². The number of likely N-dealkylation sites (tertiary alicyclic amines) is 2. The first kappa shape index (κ1) is 53.0. The summed E-state index contributed by atoms with van der Waals surface area (Å²) >= 11 is 1.85. The topological polar surface area (TPSA) is 235 Å². The number of pyridine rings is 1. The summed E-state index contributed by atoms with van der Waals surface area (Å²) in [7, 11) is 0. The fourth-order valence-corrected chi connectivity index (χ4v) is 10.4. The van der Waals surface area contributed by atoms with E-state index in [-0.39, 0.29) is 66.9 Å². The number of anilines is 1. The Morgan fingerprint density at radius 1 is 0.775 bits per heavy atom. The monoisotopic (exact) mass is 997 g/mol. The Morgan fingerprint density at radius 2 is 1.46 bits per heavy atom. The molecule has 7 rings (SSSR count). The molecule has 0 bridgehead atoms. The van der Waals surface area contributed by atoms with Gasteiger partial charge in [0.25, 0.3) is 11.8 Å². The molecule has 6 amide bonds. The van der Waals surface area contributed by atoms with E-state index in [0.717, 1.165) is 56.6 Å².